The Labute approximate surface area is 92.4 Å². The molecule has 1 fully saturated rings. The highest BCUT2D eigenvalue weighted by Gasteiger charge is 2.23. The SMILES string of the molecule is CCc1cn[nH]c1NC(=O)C1CSCN1. The highest BCUT2D eigenvalue weighted by molar-refractivity contribution is 7.99. The molecule has 0 radical (unpaired) electrons. The number of hydrogen-bond donors (Lipinski definition) is 3. The summed E-state index contributed by atoms with van der Waals surface area (Å²) in [5, 5.41) is 12.7. The van der Waals surface area contributed by atoms with Gasteiger partial charge in [0.25, 0.3) is 0 Å². The van der Waals surface area contributed by atoms with Crippen LogP contribution in [0.4, 0.5) is 5.82 Å². The van der Waals surface area contributed by atoms with E-state index in [0.29, 0.717) is 0 Å². The summed E-state index contributed by atoms with van der Waals surface area (Å²) in [7, 11) is 0. The molecule has 0 aromatic carbocycles. The Bertz CT molecular complexity index is 346. The number of amides is 1. The van der Waals surface area contributed by atoms with Crippen molar-refractivity contribution in [1.29, 1.82) is 0 Å². The van der Waals surface area contributed by atoms with E-state index < -0.39 is 0 Å². The fourth-order valence-electron chi connectivity index (χ4n) is 1.46. The van der Waals surface area contributed by atoms with Gasteiger partial charge in [0, 0.05) is 17.2 Å². The Morgan fingerprint density at radius 3 is 3.33 bits per heavy atom. The lowest BCUT2D eigenvalue weighted by atomic mass is 10.2. The van der Waals surface area contributed by atoms with Crippen molar-refractivity contribution in [2.75, 3.05) is 16.9 Å². The van der Waals surface area contributed by atoms with E-state index in [2.05, 4.69) is 20.8 Å². The third-order valence-corrected chi connectivity index (χ3v) is 3.32. The van der Waals surface area contributed by atoms with Crippen molar-refractivity contribution >= 4 is 23.5 Å². The summed E-state index contributed by atoms with van der Waals surface area (Å²) in [5.74, 6) is 2.42. The summed E-state index contributed by atoms with van der Waals surface area (Å²) < 4.78 is 0. The maximum atomic E-state index is 11.7. The van der Waals surface area contributed by atoms with E-state index in [1.807, 2.05) is 6.92 Å². The van der Waals surface area contributed by atoms with Gasteiger partial charge in [0.15, 0.2) is 0 Å². The Kier molecular flexibility index (Phi) is 3.27. The monoisotopic (exact) mass is 226 g/mol. The van der Waals surface area contributed by atoms with Crippen molar-refractivity contribution in [3.8, 4) is 0 Å². The molecule has 1 atom stereocenters. The second-order valence-corrected chi connectivity index (χ2v) is 4.42. The molecule has 2 rings (SSSR count). The first-order valence-corrected chi connectivity index (χ1v) is 6.11. The first kappa shape index (κ1) is 10.5. The molecule has 82 valence electrons. The van der Waals surface area contributed by atoms with Crippen LogP contribution in [0.2, 0.25) is 0 Å². The number of carbonyl (C=O) groups excluding carboxylic acids is 1. The maximum Gasteiger partial charge on any atom is 0.243 e. The number of aromatic nitrogens is 2. The Morgan fingerprint density at radius 2 is 2.67 bits per heavy atom. The number of H-pyrrole nitrogens is 1. The van der Waals surface area contributed by atoms with Crippen LogP contribution in [0, 0.1) is 0 Å². The van der Waals surface area contributed by atoms with Gasteiger partial charge in [-0.2, -0.15) is 5.10 Å². The molecule has 0 aliphatic carbocycles. The molecule has 1 aliphatic rings. The number of nitrogens with zero attached hydrogens (tertiary/aromatic N) is 1. The Balaban J connectivity index is 1.98. The lowest BCUT2D eigenvalue weighted by Crippen LogP contribution is -2.37. The minimum Gasteiger partial charge on any atom is -0.309 e. The molecule has 2 heterocycles. The molecule has 3 N–H and O–H groups in total. The molecule has 1 aromatic rings. The molecule has 0 saturated carbocycles. The zero-order valence-corrected chi connectivity index (χ0v) is 9.36. The number of carbonyl (C=O) groups is 1. The van der Waals surface area contributed by atoms with Crippen LogP contribution < -0.4 is 10.6 Å². The van der Waals surface area contributed by atoms with E-state index in [0.717, 1.165) is 29.4 Å². The zero-order chi connectivity index (χ0) is 10.7. The van der Waals surface area contributed by atoms with Crippen LogP contribution in [0.1, 0.15) is 12.5 Å². The number of nitrogens with one attached hydrogen (secondary N) is 3. The highest BCUT2D eigenvalue weighted by Crippen LogP contribution is 2.14. The third-order valence-electron chi connectivity index (χ3n) is 2.38. The predicted octanol–water partition coefficient (Wildman–Crippen LogP) is 0.573. The van der Waals surface area contributed by atoms with Crippen LogP contribution >= 0.6 is 11.8 Å². The van der Waals surface area contributed by atoms with E-state index in [1.165, 1.54) is 0 Å². The van der Waals surface area contributed by atoms with Crippen LogP contribution in [0.5, 0.6) is 0 Å². The van der Waals surface area contributed by atoms with E-state index in [1.54, 1.807) is 18.0 Å². The normalized spacial score (nSPS) is 20.5. The molecule has 15 heavy (non-hydrogen) atoms. The summed E-state index contributed by atoms with van der Waals surface area (Å²) in [6, 6.07) is -0.0805. The Morgan fingerprint density at radius 1 is 1.80 bits per heavy atom. The minimum absolute atomic E-state index is 0.0129. The first-order valence-electron chi connectivity index (χ1n) is 4.95. The lowest BCUT2D eigenvalue weighted by molar-refractivity contribution is -0.117. The number of anilines is 1. The third kappa shape index (κ3) is 2.32. The topological polar surface area (TPSA) is 69.8 Å². The van der Waals surface area contributed by atoms with Crippen LogP contribution in [-0.2, 0) is 11.2 Å². The number of aromatic amines is 1. The fraction of sp³-hybridized carbons (Fsp3) is 0.556. The van der Waals surface area contributed by atoms with E-state index >= 15 is 0 Å². The average Bonchev–Trinajstić information content (AvgIpc) is 2.87. The molecular weight excluding hydrogens is 212 g/mol. The van der Waals surface area contributed by atoms with Gasteiger partial charge < -0.3 is 5.32 Å². The molecule has 0 bridgehead atoms. The first-order chi connectivity index (χ1) is 7.31. The van der Waals surface area contributed by atoms with Crippen molar-refractivity contribution in [1.82, 2.24) is 15.5 Å². The number of hydrogen-bond acceptors (Lipinski definition) is 4. The van der Waals surface area contributed by atoms with Gasteiger partial charge >= 0.3 is 0 Å². The van der Waals surface area contributed by atoms with E-state index in [-0.39, 0.29) is 11.9 Å². The molecule has 1 unspecified atom stereocenters. The number of thioether (sulfide) groups is 1. The van der Waals surface area contributed by atoms with Gasteiger partial charge in [-0.3, -0.25) is 15.2 Å². The summed E-state index contributed by atoms with van der Waals surface area (Å²) in [6.45, 7) is 2.03. The standard InChI is InChI=1S/C9H14N4OS/c1-2-6-3-11-13-8(6)12-9(14)7-4-15-5-10-7/h3,7,10H,2,4-5H2,1H3,(H2,11,12,13,14). The van der Waals surface area contributed by atoms with Gasteiger partial charge in [-0.25, -0.2) is 0 Å². The summed E-state index contributed by atoms with van der Waals surface area (Å²) in [6.07, 6.45) is 2.60. The van der Waals surface area contributed by atoms with Crippen LogP contribution in [0.3, 0.4) is 0 Å². The van der Waals surface area contributed by atoms with Crippen LogP contribution in [0.15, 0.2) is 6.20 Å². The van der Waals surface area contributed by atoms with Crippen molar-refractivity contribution in [2.24, 2.45) is 0 Å². The highest BCUT2D eigenvalue weighted by atomic mass is 32.2. The lowest BCUT2D eigenvalue weighted by Gasteiger charge is -2.09. The summed E-state index contributed by atoms with van der Waals surface area (Å²) >= 11 is 1.74. The second kappa shape index (κ2) is 4.67. The van der Waals surface area contributed by atoms with Gasteiger partial charge in [-0.1, -0.05) is 6.92 Å². The van der Waals surface area contributed by atoms with Gasteiger partial charge in [0.05, 0.1) is 12.2 Å². The second-order valence-electron chi connectivity index (χ2n) is 3.38. The van der Waals surface area contributed by atoms with Gasteiger partial charge in [0.1, 0.15) is 5.82 Å². The van der Waals surface area contributed by atoms with Crippen LogP contribution in [-0.4, -0.2) is 33.8 Å². The largest absolute Gasteiger partial charge is 0.309 e. The predicted molar refractivity (Wildman–Crippen MR) is 60.8 cm³/mol. The molecule has 0 spiro atoms. The minimum atomic E-state index is -0.0805. The summed E-state index contributed by atoms with van der Waals surface area (Å²) in [5.41, 5.74) is 1.04. The quantitative estimate of drug-likeness (QED) is 0.705. The molecule has 1 aromatic heterocycles. The average molecular weight is 226 g/mol. The number of aryl methyl sites for hydroxylation is 1. The van der Waals surface area contributed by atoms with Gasteiger partial charge in [0.2, 0.25) is 5.91 Å². The molecule has 1 saturated heterocycles. The van der Waals surface area contributed by atoms with Crippen molar-refractivity contribution < 1.29 is 4.79 Å². The smallest absolute Gasteiger partial charge is 0.243 e. The van der Waals surface area contributed by atoms with Gasteiger partial charge in [-0.15, -0.1) is 11.8 Å². The van der Waals surface area contributed by atoms with Crippen molar-refractivity contribution in [2.45, 2.75) is 19.4 Å². The molecule has 6 heteroatoms. The zero-order valence-electron chi connectivity index (χ0n) is 8.54. The molecular formula is C9H14N4OS. The van der Waals surface area contributed by atoms with Gasteiger partial charge in [-0.05, 0) is 6.42 Å². The molecule has 1 amide bonds. The van der Waals surface area contributed by atoms with E-state index in [4.69, 9.17) is 0 Å². The van der Waals surface area contributed by atoms with Crippen molar-refractivity contribution in [3.63, 3.8) is 0 Å². The van der Waals surface area contributed by atoms with E-state index in [9.17, 15) is 4.79 Å². The maximum absolute atomic E-state index is 11.7. The fourth-order valence-corrected chi connectivity index (χ4v) is 2.40. The molecule has 1 aliphatic heterocycles. The summed E-state index contributed by atoms with van der Waals surface area (Å²) in [4.78, 5) is 11.7. The Hall–Kier alpha value is -1.01. The molecule has 5 nitrogen and oxygen atoms in total. The number of rotatable bonds is 3. The van der Waals surface area contributed by atoms with Crippen molar-refractivity contribution in [3.05, 3.63) is 11.8 Å². The van der Waals surface area contributed by atoms with Crippen LogP contribution in [0.25, 0.3) is 0 Å².